The maximum atomic E-state index is 12.2. The monoisotopic (exact) mass is 355 g/mol. The van der Waals surface area contributed by atoms with E-state index < -0.39 is 10.0 Å². The maximum Gasteiger partial charge on any atom is 0.240 e. The molecule has 0 saturated carbocycles. The lowest BCUT2D eigenvalue weighted by Gasteiger charge is -2.05. The summed E-state index contributed by atoms with van der Waals surface area (Å²) in [5.74, 6) is 0. The highest BCUT2D eigenvalue weighted by Crippen LogP contribution is 2.15. The molecule has 2 heterocycles. The van der Waals surface area contributed by atoms with E-state index in [0.29, 0.717) is 21.4 Å². The standard InChI is InChI=1S/C14H11Cl2N3O2S/c15-10-1-4-13(5-2-10)22(20,21)17-7-12-9-19-8-11(16)3-6-14(19)18-12/h1-6,8-9,17H,7H2. The molecule has 114 valence electrons. The molecule has 0 radical (unpaired) electrons. The summed E-state index contributed by atoms with van der Waals surface area (Å²) in [5.41, 5.74) is 1.30. The van der Waals surface area contributed by atoms with Crippen LogP contribution in [-0.2, 0) is 16.6 Å². The van der Waals surface area contributed by atoms with Crippen molar-refractivity contribution in [2.75, 3.05) is 0 Å². The Morgan fingerprint density at radius 2 is 1.68 bits per heavy atom. The van der Waals surface area contributed by atoms with Crippen molar-refractivity contribution in [1.82, 2.24) is 14.1 Å². The van der Waals surface area contributed by atoms with Gasteiger partial charge in [0.15, 0.2) is 0 Å². The molecule has 0 saturated heterocycles. The predicted molar refractivity (Wildman–Crippen MR) is 85.7 cm³/mol. The van der Waals surface area contributed by atoms with Crippen LogP contribution in [0.4, 0.5) is 0 Å². The van der Waals surface area contributed by atoms with Crippen LogP contribution in [0.5, 0.6) is 0 Å². The van der Waals surface area contributed by atoms with Gasteiger partial charge in [0.25, 0.3) is 0 Å². The number of fused-ring (bicyclic) bond motifs is 1. The summed E-state index contributed by atoms with van der Waals surface area (Å²) in [5, 5.41) is 1.06. The molecule has 1 aromatic carbocycles. The van der Waals surface area contributed by atoms with Crippen LogP contribution in [0.25, 0.3) is 5.65 Å². The molecule has 0 fully saturated rings. The third-order valence-electron chi connectivity index (χ3n) is 3.03. The molecule has 0 unspecified atom stereocenters. The number of nitrogens with one attached hydrogen (secondary N) is 1. The first-order valence-electron chi connectivity index (χ1n) is 6.32. The minimum atomic E-state index is -3.60. The van der Waals surface area contributed by atoms with E-state index in [1.807, 2.05) is 0 Å². The molecule has 3 rings (SSSR count). The van der Waals surface area contributed by atoms with Crippen molar-refractivity contribution in [2.45, 2.75) is 11.4 Å². The molecule has 0 aliphatic heterocycles. The van der Waals surface area contributed by atoms with Crippen LogP contribution in [0.15, 0.2) is 53.7 Å². The number of pyridine rings is 1. The summed E-state index contributed by atoms with van der Waals surface area (Å²) in [7, 11) is -3.60. The van der Waals surface area contributed by atoms with Crippen molar-refractivity contribution in [3.63, 3.8) is 0 Å². The average Bonchev–Trinajstić information content (AvgIpc) is 2.88. The highest BCUT2D eigenvalue weighted by molar-refractivity contribution is 7.89. The van der Waals surface area contributed by atoms with E-state index in [4.69, 9.17) is 23.2 Å². The van der Waals surface area contributed by atoms with E-state index >= 15 is 0 Å². The topological polar surface area (TPSA) is 63.5 Å². The van der Waals surface area contributed by atoms with E-state index in [-0.39, 0.29) is 11.4 Å². The largest absolute Gasteiger partial charge is 0.305 e. The first-order chi connectivity index (χ1) is 10.4. The van der Waals surface area contributed by atoms with E-state index in [1.54, 1.807) is 28.9 Å². The van der Waals surface area contributed by atoms with Crippen molar-refractivity contribution in [3.8, 4) is 0 Å². The number of benzene rings is 1. The van der Waals surface area contributed by atoms with Gasteiger partial charge in [-0.3, -0.25) is 0 Å². The first kappa shape index (κ1) is 15.3. The van der Waals surface area contributed by atoms with Gasteiger partial charge < -0.3 is 4.40 Å². The van der Waals surface area contributed by atoms with Gasteiger partial charge in [0.05, 0.1) is 22.2 Å². The Morgan fingerprint density at radius 3 is 2.41 bits per heavy atom. The second kappa shape index (κ2) is 5.89. The van der Waals surface area contributed by atoms with Gasteiger partial charge in [-0.2, -0.15) is 0 Å². The van der Waals surface area contributed by atoms with Crippen LogP contribution in [0.2, 0.25) is 10.0 Å². The van der Waals surface area contributed by atoms with E-state index in [9.17, 15) is 8.42 Å². The Balaban J connectivity index is 1.79. The third kappa shape index (κ3) is 3.25. The predicted octanol–water partition coefficient (Wildman–Crippen LogP) is 3.12. The van der Waals surface area contributed by atoms with Gasteiger partial charge in [0.1, 0.15) is 5.65 Å². The smallest absolute Gasteiger partial charge is 0.240 e. The van der Waals surface area contributed by atoms with Gasteiger partial charge in [0.2, 0.25) is 10.0 Å². The number of hydrogen-bond acceptors (Lipinski definition) is 3. The summed E-state index contributed by atoms with van der Waals surface area (Å²) in [6.07, 6.45) is 3.44. The molecule has 5 nitrogen and oxygen atoms in total. The van der Waals surface area contributed by atoms with E-state index in [2.05, 4.69) is 9.71 Å². The van der Waals surface area contributed by atoms with Crippen LogP contribution in [0.1, 0.15) is 5.69 Å². The average molecular weight is 356 g/mol. The normalized spacial score (nSPS) is 11.9. The summed E-state index contributed by atoms with van der Waals surface area (Å²) >= 11 is 11.7. The Morgan fingerprint density at radius 1 is 1.00 bits per heavy atom. The van der Waals surface area contributed by atoms with Crippen LogP contribution >= 0.6 is 23.2 Å². The second-order valence-corrected chi connectivity index (χ2v) is 7.26. The Labute approximate surface area is 137 Å². The van der Waals surface area contributed by atoms with Gasteiger partial charge in [0, 0.05) is 17.4 Å². The molecule has 0 spiro atoms. The number of halogens is 2. The van der Waals surface area contributed by atoms with E-state index in [1.165, 1.54) is 24.3 Å². The molecule has 2 aromatic heterocycles. The summed E-state index contributed by atoms with van der Waals surface area (Å²) in [6.45, 7) is 0.0876. The minimum Gasteiger partial charge on any atom is -0.305 e. The Hall–Kier alpha value is -1.60. The number of imidazole rings is 1. The van der Waals surface area contributed by atoms with Gasteiger partial charge in [-0.15, -0.1) is 0 Å². The summed E-state index contributed by atoms with van der Waals surface area (Å²) in [4.78, 5) is 4.48. The lowest BCUT2D eigenvalue weighted by molar-refractivity contribution is 0.580. The number of sulfonamides is 1. The highest BCUT2D eigenvalue weighted by atomic mass is 35.5. The number of rotatable bonds is 4. The van der Waals surface area contributed by atoms with Gasteiger partial charge >= 0.3 is 0 Å². The molecule has 3 aromatic rings. The molecular weight excluding hydrogens is 345 g/mol. The quantitative estimate of drug-likeness (QED) is 0.781. The van der Waals surface area contributed by atoms with Crippen LogP contribution < -0.4 is 4.72 Å². The van der Waals surface area contributed by atoms with E-state index in [0.717, 1.165) is 0 Å². The molecule has 0 aliphatic carbocycles. The molecule has 8 heteroatoms. The zero-order valence-electron chi connectivity index (χ0n) is 11.2. The summed E-state index contributed by atoms with van der Waals surface area (Å²) in [6, 6.07) is 9.46. The fourth-order valence-electron chi connectivity index (χ4n) is 1.97. The molecular formula is C14H11Cl2N3O2S. The molecule has 22 heavy (non-hydrogen) atoms. The van der Waals surface area contributed by atoms with Crippen LogP contribution in [0, 0.1) is 0 Å². The highest BCUT2D eigenvalue weighted by Gasteiger charge is 2.14. The van der Waals surface area contributed by atoms with Crippen LogP contribution in [0.3, 0.4) is 0 Å². The second-order valence-electron chi connectivity index (χ2n) is 4.62. The molecule has 0 bridgehead atoms. The zero-order chi connectivity index (χ0) is 15.7. The minimum absolute atomic E-state index is 0.0876. The lowest BCUT2D eigenvalue weighted by Crippen LogP contribution is -2.23. The van der Waals surface area contributed by atoms with Gasteiger partial charge in [-0.05, 0) is 36.4 Å². The fraction of sp³-hybridized carbons (Fsp3) is 0.0714. The number of aromatic nitrogens is 2. The van der Waals surface area contributed by atoms with Crippen molar-refractivity contribution < 1.29 is 8.42 Å². The fourth-order valence-corrected chi connectivity index (χ4v) is 3.26. The van der Waals surface area contributed by atoms with Crippen molar-refractivity contribution in [1.29, 1.82) is 0 Å². The maximum absolute atomic E-state index is 12.2. The van der Waals surface area contributed by atoms with Crippen molar-refractivity contribution in [3.05, 3.63) is 64.5 Å². The Kier molecular flexibility index (Phi) is 4.10. The van der Waals surface area contributed by atoms with Crippen molar-refractivity contribution in [2.24, 2.45) is 0 Å². The third-order valence-corrected chi connectivity index (χ3v) is 4.92. The first-order valence-corrected chi connectivity index (χ1v) is 8.56. The van der Waals surface area contributed by atoms with Gasteiger partial charge in [-0.1, -0.05) is 23.2 Å². The number of nitrogens with zero attached hydrogens (tertiary/aromatic N) is 2. The van der Waals surface area contributed by atoms with Crippen molar-refractivity contribution >= 4 is 38.9 Å². The molecule has 0 atom stereocenters. The number of hydrogen-bond donors (Lipinski definition) is 1. The molecule has 0 aliphatic rings. The Bertz CT molecular complexity index is 921. The molecule has 0 amide bonds. The SMILES string of the molecule is O=S(=O)(NCc1cn2cc(Cl)ccc2n1)c1ccc(Cl)cc1. The molecule has 1 N–H and O–H groups in total. The van der Waals surface area contributed by atoms with Gasteiger partial charge in [-0.25, -0.2) is 18.1 Å². The van der Waals surface area contributed by atoms with Crippen LogP contribution in [-0.4, -0.2) is 17.8 Å². The lowest BCUT2D eigenvalue weighted by atomic mass is 10.4. The zero-order valence-corrected chi connectivity index (χ0v) is 13.5. The summed E-state index contributed by atoms with van der Waals surface area (Å²) < 4.78 is 28.6.